The van der Waals surface area contributed by atoms with Gasteiger partial charge in [-0.05, 0) is 44.4 Å². The van der Waals surface area contributed by atoms with Gasteiger partial charge in [-0.15, -0.1) is 0 Å². The van der Waals surface area contributed by atoms with Gasteiger partial charge in [0.1, 0.15) is 6.61 Å². The van der Waals surface area contributed by atoms with E-state index in [9.17, 15) is 8.78 Å². The van der Waals surface area contributed by atoms with E-state index in [-0.39, 0.29) is 5.60 Å². The van der Waals surface area contributed by atoms with Crippen molar-refractivity contribution in [3.8, 4) is 0 Å². The highest BCUT2D eigenvalue weighted by atomic mass is 19.3. The summed E-state index contributed by atoms with van der Waals surface area (Å²) in [4.78, 5) is 0. The minimum absolute atomic E-state index is 0.330. The van der Waals surface area contributed by atoms with Crippen molar-refractivity contribution < 1.29 is 13.5 Å². The summed E-state index contributed by atoms with van der Waals surface area (Å²) in [5.74, 6) is 0.772. The van der Waals surface area contributed by atoms with Crippen LogP contribution in [0.25, 0.3) is 0 Å². The van der Waals surface area contributed by atoms with Crippen molar-refractivity contribution >= 4 is 0 Å². The maximum atomic E-state index is 12.4. The number of hydrogen-bond donors (Lipinski definition) is 1. The molecule has 2 aliphatic carbocycles. The number of rotatable bonds is 8. The molecule has 0 unspecified atom stereocenters. The molecule has 112 valence electrons. The molecule has 0 amide bonds. The molecule has 2 aliphatic rings. The van der Waals surface area contributed by atoms with Crippen LogP contribution in [-0.4, -0.2) is 31.2 Å². The molecule has 2 nitrogen and oxygen atoms in total. The number of nitrogens with one attached hydrogen (secondary N) is 1. The largest absolute Gasteiger partial charge is 0.368 e. The first-order chi connectivity index (χ1) is 9.13. The van der Waals surface area contributed by atoms with E-state index in [1.165, 1.54) is 25.7 Å². The molecule has 0 aromatic heterocycles. The van der Waals surface area contributed by atoms with E-state index in [1.54, 1.807) is 0 Å². The van der Waals surface area contributed by atoms with E-state index in [0.29, 0.717) is 6.04 Å². The first-order valence-electron chi connectivity index (χ1n) is 7.79. The van der Waals surface area contributed by atoms with Crippen molar-refractivity contribution in [3.63, 3.8) is 0 Å². The SMILES string of the molecule is CCCC1CCC(CNC2CC2)(OCC(F)F)CC1. The molecule has 1 N–H and O–H groups in total. The van der Waals surface area contributed by atoms with E-state index < -0.39 is 13.0 Å². The molecule has 0 spiro atoms. The predicted octanol–water partition coefficient (Wildman–Crippen LogP) is 3.75. The van der Waals surface area contributed by atoms with Crippen LogP contribution in [0.4, 0.5) is 8.78 Å². The van der Waals surface area contributed by atoms with Crippen molar-refractivity contribution in [1.82, 2.24) is 5.32 Å². The van der Waals surface area contributed by atoms with Crippen LogP contribution in [-0.2, 0) is 4.74 Å². The highest BCUT2D eigenvalue weighted by molar-refractivity contribution is 4.92. The summed E-state index contributed by atoms with van der Waals surface area (Å²) in [6, 6.07) is 0.611. The number of hydrogen-bond acceptors (Lipinski definition) is 2. The van der Waals surface area contributed by atoms with Gasteiger partial charge < -0.3 is 10.1 Å². The van der Waals surface area contributed by atoms with Gasteiger partial charge >= 0.3 is 0 Å². The summed E-state index contributed by atoms with van der Waals surface area (Å²) in [5.41, 5.74) is -0.330. The Hall–Kier alpha value is -0.220. The fourth-order valence-corrected chi connectivity index (χ4v) is 3.13. The van der Waals surface area contributed by atoms with Crippen LogP contribution in [0.15, 0.2) is 0 Å². The Kier molecular flexibility index (Phi) is 5.58. The van der Waals surface area contributed by atoms with Crippen molar-refractivity contribution in [1.29, 1.82) is 0 Å². The van der Waals surface area contributed by atoms with Crippen LogP contribution in [0.5, 0.6) is 0 Å². The third-order valence-corrected chi connectivity index (χ3v) is 4.52. The highest BCUT2D eigenvalue weighted by Crippen LogP contribution is 2.37. The maximum Gasteiger partial charge on any atom is 0.261 e. The molecular formula is C15H27F2NO. The zero-order valence-corrected chi connectivity index (χ0v) is 12.0. The molecule has 2 saturated carbocycles. The fraction of sp³-hybridized carbons (Fsp3) is 1.00. The average molecular weight is 275 g/mol. The molecule has 2 fully saturated rings. The van der Waals surface area contributed by atoms with Gasteiger partial charge in [0.15, 0.2) is 0 Å². The third kappa shape index (κ3) is 4.99. The summed E-state index contributed by atoms with van der Waals surface area (Å²) in [6.07, 6.45) is 6.70. The molecular weight excluding hydrogens is 248 g/mol. The quantitative estimate of drug-likeness (QED) is 0.728. The molecule has 0 radical (unpaired) electrons. The third-order valence-electron chi connectivity index (χ3n) is 4.52. The van der Waals surface area contributed by atoms with Gasteiger partial charge in [-0.25, -0.2) is 8.78 Å². The lowest BCUT2D eigenvalue weighted by atomic mass is 9.77. The number of ether oxygens (including phenoxy) is 1. The average Bonchev–Trinajstić information content (AvgIpc) is 3.21. The van der Waals surface area contributed by atoms with Gasteiger partial charge in [0, 0.05) is 12.6 Å². The molecule has 0 aromatic carbocycles. The van der Waals surface area contributed by atoms with Crippen LogP contribution in [0.2, 0.25) is 0 Å². The van der Waals surface area contributed by atoms with Crippen LogP contribution in [0.3, 0.4) is 0 Å². The molecule has 0 saturated heterocycles. The summed E-state index contributed by atoms with van der Waals surface area (Å²) < 4.78 is 30.5. The molecule has 0 bridgehead atoms. The Morgan fingerprint density at radius 3 is 2.42 bits per heavy atom. The molecule has 2 rings (SSSR count). The van der Waals surface area contributed by atoms with Gasteiger partial charge in [-0.1, -0.05) is 19.8 Å². The van der Waals surface area contributed by atoms with Crippen molar-refractivity contribution in [2.24, 2.45) is 5.92 Å². The summed E-state index contributed by atoms with van der Waals surface area (Å²) in [7, 11) is 0. The second kappa shape index (κ2) is 6.98. The van der Waals surface area contributed by atoms with Crippen molar-refractivity contribution in [3.05, 3.63) is 0 Å². The maximum absolute atomic E-state index is 12.4. The Labute approximate surface area is 115 Å². The normalized spacial score (nSPS) is 31.9. The fourth-order valence-electron chi connectivity index (χ4n) is 3.13. The Balaban J connectivity index is 1.82. The topological polar surface area (TPSA) is 21.3 Å². The summed E-state index contributed by atoms with van der Waals surface area (Å²) in [5, 5.41) is 3.47. The van der Waals surface area contributed by atoms with Crippen LogP contribution < -0.4 is 5.32 Å². The minimum atomic E-state index is -2.36. The predicted molar refractivity (Wildman–Crippen MR) is 72.6 cm³/mol. The molecule has 4 heteroatoms. The molecule has 19 heavy (non-hydrogen) atoms. The first-order valence-corrected chi connectivity index (χ1v) is 7.79. The van der Waals surface area contributed by atoms with Crippen LogP contribution in [0.1, 0.15) is 58.3 Å². The van der Waals surface area contributed by atoms with Gasteiger partial charge in [0.25, 0.3) is 6.43 Å². The Morgan fingerprint density at radius 1 is 1.21 bits per heavy atom. The lowest BCUT2D eigenvalue weighted by molar-refractivity contribution is -0.111. The lowest BCUT2D eigenvalue weighted by Gasteiger charge is -2.40. The van der Waals surface area contributed by atoms with E-state index in [0.717, 1.165) is 38.1 Å². The zero-order chi connectivity index (χ0) is 13.7. The monoisotopic (exact) mass is 275 g/mol. The van der Waals surface area contributed by atoms with E-state index in [2.05, 4.69) is 12.2 Å². The minimum Gasteiger partial charge on any atom is -0.368 e. The smallest absolute Gasteiger partial charge is 0.261 e. The molecule has 0 aromatic rings. The summed E-state index contributed by atoms with van der Waals surface area (Å²) >= 11 is 0. The van der Waals surface area contributed by atoms with Gasteiger partial charge in [0.2, 0.25) is 0 Å². The zero-order valence-electron chi connectivity index (χ0n) is 12.0. The Morgan fingerprint density at radius 2 is 1.89 bits per heavy atom. The van der Waals surface area contributed by atoms with Crippen molar-refractivity contribution in [2.45, 2.75) is 76.4 Å². The molecule has 0 aliphatic heterocycles. The van der Waals surface area contributed by atoms with Gasteiger partial charge in [-0.3, -0.25) is 0 Å². The van der Waals surface area contributed by atoms with Crippen molar-refractivity contribution in [2.75, 3.05) is 13.2 Å². The second-order valence-corrected chi connectivity index (χ2v) is 6.27. The number of halogens is 2. The second-order valence-electron chi connectivity index (χ2n) is 6.27. The first kappa shape index (κ1) is 15.2. The van der Waals surface area contributed by atoms with Crippen LogP contribution >= 0.6 is 0 Å². The van der Waals surface area contributed by atoms with E-state index >= 15 is 0 Å². The van der Waals surface area contributed by atoms with E-state index in [4.69, 9.17) is 4.74 Å². The lowest BCUT2D eigenvalue weighted by Crippen LogP contribution is -2.47. The van der Waals surface area contributed by atoms with Gasteiger partial charge in [-0.2, -0.15) is 0 Å². The standard InChI is InChI=1S/C15H27F2NO/c1-2-3-12-6-8-15(9-7-12,19-10-14(16)17)11-18-13-4-5-13/h12-14,18H,2-11H2,1H3. The van der Waals surface area contributed by atoms with Gasteiger partial charge in [0.05, 0.1) is 5.60 Å². The highest BCUT2D eigenvalue weighted by Gasteiger charge is 2.37. The van der Waals surface area contributed by atoms with Crippen LogP contribution in [0, 0.1) is 5.92 Å². The molecule has 0 heterocycles. The number of alkyl halides is 2. The van der Waals surface area contributed by atoms with E-state index in [1.807, 2.05) is 0 Å². The Bertz CT molecular complexity index is 253. The summed E-state index contributed by atoms with van der Waals surface area (Å²) in [6.45, 7) is 2.55. The molecule has 0 atom stereocenters.